The normalized spacial score (nSPS) is 18.1. The van der Waals surface area contributed by atoms with E-state index in [2.05, 4.69) is 15.5 Å². The van der Waals surface area contributed by atoms with Gasteiger partial charge in [0.2, 0.25) is 5.91 Å². The molecule has 2 aromatic heterocycles. The number of carbonyl (C=O) groups excluding carboxylic acids is 1. The first-order valence-electron chi connectivity index (χ1n) is 10.6. The monoisotopic (exact) mass is 442 g/mol. The van der Waals surface area contributed by atoms with Gasteiger partial charge in [-0.05, 0) is 18.6 Å². The molecule has 3 aromatic rings. The Morgan fingerprint density at radius 2 is 2.16 bits per heavy atom. The van der Waals surface area contributed by atoms with Crippen molar-refractivity contribution in [2.75, 3.05) is 25.1 Å². The van der Waals surface area contributed by atoms with Crippen LogP contribution in [-0.4, -0.2) is 50.1 Å². The maximum absolute atomic E-state index is 15.4. The van der Waals surface area contributed by atoms with E-state index in [9.17, 15) is 9.18 Å². The zero-order valence-electron chi connectivity index (χ0n) is 17.9. The highest BCUT2D eigenvalue weighted by atomic mass is 19.1. The lowest BCUT2D eigenvalue weighted by molar-refractivity contribution is -0.129. The predicted molar refractivity (Wildman–Crippen MR) is 113 cm³/mol. The Bertz CT molecular complexity index is 1180. The summed E-state index contributed by atoms with van der Waals surface area (Å²) >= 11 is 0. The fourth-order valence-electron chi connectivity index (χ4n) is 4.40. The van der Waals surface area contributed by atoms with Crippen molar-refractivity contribution < 1.29 is 18.3 Å². The Hall–Kier alpha value is -3.27. The minimum atomic E-state index is -0.720. The summed E-state index contributed by atoms with van der Waals surface area (Å²) in [6, 6.07) is 2.69. The molecule has 0 aliphatic carbocycles. The average molecular weight is 442 g/mol. The van der Waals surface area contributed by atoms with Gasteiger partial charge in [-0.1, -0.05) is 0 Å². The number of fused-ring (bicyclic) bond motifs is 1. The number of hydrogen-bond donors (Lipinski definition) is 1. The van der Waals surface area contributed by atoms with Gasteiger partial charge in [-0.25, -0.2) is 8.78 Å². The number of benzene rings is 1. The maximum atomic E-state index is 15.4. The molecular weight excluding hydrogens is 418 g/mol. The molecule has 1 N–H and O–H groups in total. The summed E-state index contributed by atoms with van der Waals surface area (Å²) in [4.78, 5) is 13.7. The molecule has 1 amide bonds. The highest BCUT2D eigenvalue weighted by Gasteiger charge is 2.31. The molecule has 1 unspecified atom stereocenters. The lowest BCUT2D eigenvalue weighted by Gasteiger charge is -2.27. The number of carbonyl (C=O) groups is 1. The molecule has 0 spiro atoms. The van der Waals surface area contributed by atoms with Crippen molar-refractivity contribution >= 4 is 17.4 Å². The molecule has 0 radical (unpaired) electrons. The van der Waals surface area contributed by atoms with E-state index in [4.69, 9.17) is 4.74 Å². The lowest BCUT2D eigenvalue weighted by atomic mass is 10.1. The van der Waals surface area contributed by atoms with Gasteiger partial charge in [-0.3, -0.25) is 14.2 Å². The Labute approximate surface area is 183 Å². The van der Waals surface area contributed by atoms with E-state index >= 15 is 4.39 Å². The number of nitrogens with zero attached hydrogens (tertiary/aromatic N) is 5. The first-order valence-corrected chi connectivity index (χ1v) is 10.6. The van der Waals surface area contributed by atoms with Gasteiger partial charge in [-0.15, -0.1) is 0 Å². The molecule has 0 saturated carbocycles. The highest BCUT2D eigenvalue weighted by molar-refractivity contribution is 5.75. The number of aromatic nitrogens is 4. The summed E-state index contributed by atoms with van der Waals surface area (Å²) in [6.07, 6.45) is 4.65. The SMILES string of the molecule is CC(=O)N1CCc2c(c(Nc3c(F)ccc(-c4cnn(C)c4)c3F)nn2C2CCOC2)C1. The van der Waals surface area contributed by atoms with Gasteiger partial charge in [-0.2, -0.15) is 10.2 Å². The van der Waals surface area contributed by atoms with Crippen molar-refractivity contribution in [1.82, 2.24) is 24.5 Å². The van der Waals surface area contributed by atoms with Crippen molar-refractivity contribution in [3.8, 4) is 11.1 Å². The van der Waals surface area contributed by atoms with Crippen LogP contribution in [-0.2, 0) is 29.5 Å². The van der Waals surface area contributed by atoms with E-state index in [1.807, 2.05) is 4.68 Å². The van der Waals surface area contributed by atoms with Crippen LogP contribution in [0.4, 0.5) is 20.3 Å². The third-order valence-electron chi connectivity index (χ3n) is 6.13. The molecular formula is C22H24F2N6O2. The highest BCUT2D eigenvalue weighted by Crippen LogP contribution is 2.36. The van der Waals surface area contributed by atoms with Crippen LogP contribution in [0.1, 0.15) is 30.6 Å². The molecule has 0 bridgehead atoms. The van der Waals surface area contributed by atoms with Gasteiger partial charge < -0.3 is 15.0 Å². The van der Waals surface area contributed by atoms with Gasteiger partial charge in [0.05, 0.1) is 25.4 Å². The predicted octanol–water partition coefficient (Wildman–Crippen LogP) is 3.17. The van der Waals surface area contributed by atoms with E-state index in [1.165, 1.54) is 25.3 Å². The van der Waals surface area contributed by atoms with E-state index in [0.29, 0.717) is 44.1 Å². The van der Waals surface area contributed by atoms with Gasteiger partial charge in [0.1, 0.15) is 11.5 Å². The molecule has 2 aliphatic heterocycles. The first kappa shape index (κ1) is 20.6. The summed E-state index contributed by atoms with van der Waals surface area (Å²) in [5.74, 6) is -1.12. The number of aryl methyl sites for hydroxylation is 1. The van der Waals surface area contributed by atoms with Gasteiger partial charge in [0.15, 0.2) is 11.6 Å². The molecule has 32 heavy (non-hydrogen) atoms. The van der Waals surface area contributed by atoms with Crippen LogP contribution in [0.15, 0.2) is 24.5 Å². The molecule has 4 heterocycles. The van der Waals surface area contributed by atoms with E-state index < -0.39 is 11.6 Å². The van der Waals surface area contributed by atoms with Crippen LogP contribution in [0.2, 0.25) is 0 Å². The maximum Gasteiger partial charge on any atom is 0.219 e. The molecule has 1 saturated heterocycles. The smallest absolute Gasteiger partial charge is 0.219 e. The molecule has 2 aliphatic rings. The largest absolute Gasteiger partial charge is 0.379 e. The molecule has 168 valence electrons. The van der Waals surface area contributed by atoms with Crippen LogP contribution in [0.3, 0.4) is 0 Å². The number of hydrogen-bond acceptors (Lipinski definition) is 5. The number of rotatable bonds is 4. The standard InChI is InChI=1S/C22H24F2N6O2/c1-13(31)29-7-5-19-17(11-29)22(27-30(19)15-6-8-32-12-15)26-21-18(23)4-3-16(20(21)24)14-9-25-28(2)10-14/h3-4,9-10,15H,5-8,11-12H2,1-2H3,(H,26,27). The van der Waals surface area contributed by atoms with Crippen molar-refractivity contribution in [3.05, 3.63) is 47.4 Å². The molecule has 1 fully saturated rings. The molecule has 5 rings (SSSR count). The van der Waals surface area contributed by atoms with Gasteiger partial charge in [0, 0.05) is 62.1 Å². The zero-order chi connectivity index (χ0) is 22.4. The fourth-order valence-corrected chi connectivity index (χ4v) is 4.40. The number of halogens is 2. The van der Waals surface area contributed by atoms with Crippen LogP contribution >= 0.6 is 0 Å². The summed E-state index contributed by atoms with van der Waals surface area (Å²) in [7, 11) is 1.73. The number of nitrogens with one attached hydrogen (secondary N) is 1. The lowest BCUT2D eigenvalue weighted by Crippen LogP contribution is -2.35. The Kier molecular flexibility index (Phi) is 5.16. The van der Waals surface area contributed by atoms with Crippen LogP contribution in [0.25, 0.3) is 11.1 Å². The first-order chi connectivity index (χ1) is 15.4. The molecule has 10 heteroatoms. The van der Waals surface area contributed by atoms with Crippen LogP contribution < -0.4 is 5.32 Å². The summed E-state index contributed by atoms with van der Waals surface area (Å²) in [6.45, 7) is 3.64. The summed E-state index contributed by atoms with van der Waals surface area (Å²) in [5, 5.41) is 11.7. The second kappa shape index (κ2) is 8.01. The second-order valence-corrected chi connectivity index (χ2v) is 8.24. The fraction of sp³-hybridized carbons (Fsp3) is 0.409. The zero-order valence-corrected chi connectivity index (χ0v) is 17.9. The third-order valence-corrected chi connectivity index (χ3v) is 6.13. The molecule has 1 aromatic carbocycles. The topological polar surface area (TPSA) is 77.2 Å². The van der Waals surface area contributed by atoms with Crippen molar-refractivity contribution in [2.24, 2.45) is 7.05 Å². The molecule has 1 atom stereocenters. The van der Waals surface area contributed by atoms with Gasteiger partial charge in [0.25, 0.3) is 0 Å². The summed E-state index contributed by atoms with van der Waals surface area (Å²) < 4.78 is 39.1. The minimum Gasteiger partial charge on any atom is -0.379 e. The van der Waals surface area contributed by atoms with Crippen LogP contribution in [0, 0.1) is 11.6 Å². The summed E-state index contributed by atoms with van der Waals surface area (Å²) in [5.41, 5.74) is 2.27. The second-order valence-electron chi connectivity index (χ2n) is 8.24. The van der Waals surface area contributed by atoms with Crippen LogP contribution in [0.5, 0.6) is 0 Å². The van der Waals surface area contributed by atoms with Crippen molar-refractivity contribution in [1.29, 1.82) is 0 Å². The number of anilines is 2. The molecule has 8 nitrogen and oxygen atoms in total. The number of ether oxygens (including phenoxy) is 1. The third kappa shape index (κ3) is 3.54. The van der Waals surface area contributed by atoms with E-state index in [1.54, 1.807) is 22.8 Å². The number of amides is 1. The Morgan fingerprint density at radius 1 is 1.31 bits per heavy atom. The van der Waals surface area contributed by atoms with Gasteiger partial charge >= 0.3 is 0 Å². The van der Waals surface area contributed by atoms with E-state index in [0.717, 1.165) is 17.7 Å². The Morgan fingerprint density at radius 3 is 2.84 bits per heavy atom. The Balaban J connectivity index is 1.56. The van der Waals surface area contributed by atoms with Crippen molar-refractivity contribution in [3.63, 3.8) is 0 Å². The average Bonchev–Trinajstić information content (AvgIpc) is 3.51. The van der Waals surface area contributed by atoms with E-state index in [-0.39, 0.29) is 23.2 Å². The van der Waals surface area contributed by atoms with Crippen molar-refractivity contribution in [2.45, 2.75) is 32.4 Å². The quantitative estimate of drug-likeness (QED) is 0.672. The minimum absolute atomic E-state index is 0.0468.